The molecule has 0 aliphatic rings. The number of hydrogen-bond donors (Lipinski definition) is 1. The predicted molar refractivity (Wildman–Crippen MR) is 88.8 cm³/mol. The summed E-state index contributed by atoms with van der Waals surface area (Å²) in [5.41, 5.74) is 1.10. The number of nitrogens with zero attached hydrogens (tertiary/aromatic N) is 2. The van der Waals surface area contributed by atoms with Crippen LogP contribution in [0.2, 0.25) is 0 Å². The third-order valence-electron chi connectivity index (χ3n) is 3.46. The van der Waals surface area contributed by atoms with E-state index in [1.165, 1.54) is 29.7 Å². The van der Waals surface area contributed by atoms with Crippen molar-refractivity contribution in [2.24, 2.45) is 0 Å². The molecule has 7 nitrogen and oxygen atoms in total. The lowest BCUT2D eigenvalue weighted by Crippen LogP contribution is -2.24. The number of thiophene rings is 1. The molecule has 0 saturated heterocycles. The molecule has 1 N–H and O–H groups in total. The van der Waals surface area contributed by atoms with Crippen LogP contribution in [-0.2, 0) is 6.54 Å². The van der Waals surface area contributed by atoms with Crippen LogP contribution in [0.5, 0.6) is 0 Å². The molecule has 2 heterocycles. The number of oxazole rings is 1. The van der Waals surface area contributed by atoms with Crippen molar-refractivity contribution in [3.05, 3.63) is 68.9 Å². The van der Waals surface area contributed by atoms with Crippen molar-refractivity contribution >= 4 is 22.9 Å². The smallest absolute Gasteiger partial charge is 0.273 e. The first-order valence-electron chi connectivity index (χ1n) is 7.06. The van der Waals surface area contributed by atoms with Crippen LogP contribution in [0.3, 0.4) is 0 Å². The van der Waals surface area contributed by atoms with Crippen molar-refractivity contribution in [1.29, 1.82) is 0 Å². The number of rotatable bonds is 5. The lowest BCUT2D eigenvalue weighted by Gasteiger charge is -2.06. The van der Waals surface area contributed by atoms with Crippen LogP contribution in [0.1, 0.15) is 21.6 Å². The zero-order valence-corrected chi connectivity index (χ0v) is 13.5. The highest BCUT2D eigenvalue weighted by Gasteiger charge is 2.18. The number of aromatic nitrogens is 1. The van der Waals surface area contributed by atoms with Crippen LogP contribution in [0, 0.1) is 17.0 Å². The Bertz CT molecular complexity index is 887. The number of carbonyl (C=O) groups excluding carboxylic acids is 1. The van der Waals surface area contributed by atoms with Gasteiger partial charge in [-0.15, -0.1) is 11.3 Å². The highest BCUT2D eigenvalue weighted by molar-refractivity contribution is 7.13. The monoisotopic (exact) mass is 343 g/mol. The molecule has 0 spiro atoms. The molecule has 24 heavy (non-hydrogen) atoms. The van der Waals surface area contributed by atoms with Crippen molar-refractivity contribution in [3.8, 4) is 10.8 Å². The second kappa shape index (κ2) is 6.63. The van der Waals surface area contributed by atoms with Crippen molar-refractivity contribution in [2.45, 2.75) is 13.5 Å². The SMILES string of the molecule is Cc1c(C(=O)NCc2coc(-c3cccs3)n2)cccc1[N+](=O)[O-]. The Kier molecular flexibility index (Phi) is 4.39. The van der Waals surface area contributed by atoms with Gasteiger partial charge in [0.15, 0.2) is 0 Å². The average molecular weight is 343 g/mol. The lowest BCUT2D eigenvalue weighted by molar-refractivity contribution is -0.385. The van der Waals surface area contributed by atoms with Crippen LogP contribution in [0.25, 0.3) is 10.8 Å². The first-order valence-corrected chi connectivity index (χ1v) is 7.94. The van der Waals surface area contributed by atoms with E-state index < -0.39 is 10.8 Å². The molecule has 0 saturated carbocycles. The number of carbonyl (C=O) groups is 1. The van der Waals surface area contributed by atoms with Gasteiger partial charge in [-0.3, -0.25) is 14.9 Å². The largest absolute Gasteiger partial charge is 0.443 e. The predicted octanol–water partition coefficient (Wildman–Crippen LogP) is 3.55. The normalized spacial score (nSPS) is 10.5. The fraction of sp³-hybridized carbons (Fsp3) is 0.125. The maximum atomic E-state index is 12.3. The van der Waals surface area contributed by atoms with Gasteiger partial charge in [0.1, 0.15) is 6.26 Å². The number of nitro benzene ring substituents is 1. The second-order valence-corrected chi connectivity index (χ2v) is 5.96. The molecule has 2 aromatic heterocycles. The Labute approximate surface area is 141 Å². The standard InChI is InChI=1S/C16H13N3O4S/c1-10-12(4-2-5-13(10)19(21)22)15(20)17-8-11-9-23-16(18-11)14-6-3-7-24-14/h2-7,9H,8H2,1H3,(H,17,20). The molecule has 0 fully saturated rings. The lowest BCUT2D eigenvalue weighted by atomic mass is 10.1. The van der Waals surface area contributed by atoms with Crippen LogP contribution < -0.4 is 5.32 Å². The molecule has 0 unspecified atom stereocenters. The average Bonchev–Trinajstić information content (AvgIpc) is 3.23. The van der Waals surface area contributed by atoms with Crippen LogP contribution in [-0.4, -0.2) is 15.8 Å². The van der Waals surface area contributed by atoms with Crippen molar-refractivity contribution in [3.63, 3.8) is 0 Å². The zero-order valence-electron chi connectivity index (χ0n) is 12.7. The van der Waals surface area contributed by atoms with Gasteiger partial charge in [-0.25, -0.2) is 4.98 Å². The van der Waals surface area contributed by atoms with Gasteiger partial charge in [0.2, 0.25) is 5.89 Å². The summed E-state index contributed by atoms with van der Waals surface area (Å²) in [7, 11) is 0. The number of amides is 1. The van der Waals surface area contributed by atoms with Crippen LogP contribution >= 0.6 is 11.3 Å². The third-order valence-corrected chi connectivity index (χ3v) is 4.32. The summed E-state index contributed by atoms with van der Waals surface area (Å²) >= 11 is 1.51. The molecule has 0 atom stereocenters. The van der Waals surface area contributed by atoms with Crippen LogP contribution in [0.4, 0.5) is 5.69 Å². The van der Waals surface area contributed by atoms with Crippen molar-refractivity contribution in [2.75, 3.05) is 0 Å². The van der Waals surface area contributed by atoms with Gasteiger partial charge >= 0.3 is 0 Å². The van der Waals surface area contributed by atoms with E-state index in [0.29, 0.717) is 17.1 Å². The highest BCUT2D eigenvalue weighted by atomic mass is 32.1. The number of nitro groups is 1. The second-order valence-electron chi connectivity index (χ2n) is 5.01. The van der Waals surface area contributed by atoms with E-state index >= 15 is 0 Å². The summed E-state index contributed by atoms with van der Waals surface area (Å²) < 4.78 is 5.38. The summed E-state index contributed by atoms with van der Waals surface area (Å²) in [4.78, 5) is 27.9. The Balaban J connectivity index is 1.70. The topological polar surface area (TPSA) is 98.3 Å². The van der Waals surface area contributed by atoms with E-state index in [-0.39, 0.29) is 17.8 Å². The molecule has 8 heteroatoms. The van der Waals surface area contributed by atoms with E-state index in [0.717, 1.165) is 4.88 Å². The summed E-state index contributed by atoms with van der Waals surface area (Å²) in [6, 6.07) is 8.21. The summed E-state index contributed by atoms with van der Waals surface area (Å²) in [5, 5.41) is 15.6. The quantitative estimate of drug-likeness (QED) is 0.564. The summed E-state index contributed by atoms with van der Waals surface area (Å²) in [6.07, 6.45) is 1.48. The molecular weight excluding hydrogens is 330 g/mol. The Hall–Kier alpha value is -3.00. The third kappa shape index (κ3) is 3.18. The Morgan fingerprint density at radius 2 is 2.21 bits per heavy atom. The highest BCUT2D eigenvalue weighted by Crippen LogP contribution is 2.24. The minimum atomic E-state index is -0.503. The van der Waals surface area contributed by atoms with Gasteiger partial charge in [-0.05, 0) is 24.4 Å². The summed E-state index contributed by atoms with van der Waals surface area (Å²) in [5.74, 6) is 0.109. The molecule has 3 aromatic rings. The maximum absolute atomic E-state index is 12.3. The molecule has 0 aliphatic carbocycles. The van der Waals surface area contributed by atoms with E-state index in [1.54, 1.807) is 13.0 Å². The molecule has 122 valence electrons. The minimum absolute atomic E-state index is 0.0796. The Morgan fingerprint density at radius 3 is 2.92 bits per heavy atom. The zero-order chi connectivity index (χ0) is 17.1. The molecule has 3 rings (SSSR count). The first kappa shape index (κ1) is 15.9. The number of hydrogen-bond acceptors (Lipinski definition) is 6. The molecule has 1 aromatic carbocycles. The fourth-order valence-electron chi connectivity index (χ4n) is 2.23. The van der Waals surface area contributed by atoms with Gasteiger partial charge < -0.3 is 9.73 Å². The summed E-state index contributed by atoms with van der Waals surface area (Å²) in [6.45, 7) is 1.73. The van der Waals surface area contributed by atoms with E-state index in [9.17, 15) is 14.9 Å². The van der Waals surface area contributed by atoms with Gasteiger partial charge in [0.25, 0.3) is 11.6 Å². The van der Waals surface area contributed by atoms with Crippen molar-refractivity contribution < 1.29 is 14.1 Å². The van der Waals surface area contributed by atoms with Gasteiger partial charge in [-0.1, -0.05) is 12.1 Å². The fourth-order valence-corrected chi connectivity index (χ4v) is 2.89. The van der Waals surface area contributed by atoms with Crippen molar-refractivity contribution in [1.82, 2.24) is 10.3 Å². The molecule has 0 bridgehead atoms. The molecule has 0 radical (unpaired) electrons. The number of benzene rings is 1. The minimum Gasteiger partial charge on any atom is -0.443 e. The Morgan fingerprint density at radius 1 is 1.38 bits per heavy atom. The molecule has 1 amide bonds. The van der Waals surface area contributed by atoms with Gasteiger partial charge in [-0.2, -0.15) is 0 Å². The first-order chi connectivity index (χ1) is 11.6. The van der Waals surface area contributed by atoms with E-state index in [2.05, 4.69) is 10.3 Å². The molecular formula is C16H13N3O4S. The molecule has 0 aliphatic heterocycles. The van der Waals surface area contributed by atoms with E-state index in [4.69, 9.17) is 4.42 Å². The van der Waals surface area contributed by atoms with Crippen LogP contribution in [0.15, 0.2) is 46.4 Å². The van der Waals surface area contributed by atoms with E-state index in [1.807, 2.05) is 17.5 Å². The number of nitrogens with one attached hydrogen (secondary N) is 1. The maximum Gasteiger partial charge on any atom is 0.273 e. The van der Waals surface area contributed by atoms with Gasteiger partial charge in [0.05, 0.1) is 22.0 Å². The van der Waals surface area contributed by atoms with Gasteiger partial charge in [0, 0.05) is 17.2 Å².